The van der Waals surface area contributed by atoms with Gasteiger partial charge in [0.2, 0.25) is 0 Å². The van der Waals surface area contributed by atoms with E-state index in [0.29, 0.717) is 0 Å². The summed E-state index contributed by atoms with van der Waals surface area (Å²) in [4.78, 5) is 4.62. The fourth-order valence-corrected chi connectivity index (χ4v) is 11.9. The Morgan fingerprint density at radius 3 is 0.841 bits per heavy atom. The molecule has 0 radical (unpaired) electrons. The minimum absolute atomic E-state index is 1.12. The van der Waals surface area contributed by atoms with Crippen molar-refractivity contribution in [2.45, 2.75) is 0 Å². The Labute approximate surface area is 479 Å². The highest BCUT2D eigenvalue weighted by molar-refractivity contribution is 6.25. The molecule has 0 N–H and O–H groups in total. The van der Waals surface area contributed by atoms with Crippen molar-refractivity contribution in [3.8, 4) is 22.3 Å². The molecule has 0 fully saturated rings. The van der Waals surface area contributed by atoms with Crippen LogP contribution in [0.5, 0.6) is 0 Å². The van der Waals surface area contributed by atoms with Crippen LogP contribution in [0.25, 0.3) is 99.0 Å². The molecule has 0 aliphatic heterocycles. The molecule has 2 nitrogen and oxygen atoms in total. The zero-order valence-corrected chi connectivity index (χ0v) is 45.2. The lowest BCUT2D eigenvalue weighted by atomic mass is 9.84. The normalized spacial score (nSPS) is 11.4. The largest absolute Gasteiger partial charge is 0.310 e. The van der Waals surface area contributed by atoms with Crippen molar-refractivity contribution in [3.05, 3.63) is 339 Å². The van der Waals surface area contributed by atoms with Gasteiger partial charge in [0.15, 0.2) is 0 Å². The van der Waals surface area contributed by atoms with Crippen molar-refractivity contribution < 1.29 is 0 Å². The van der Waals surface area contributed by atoms with Crippen LogP contribution >= 0.6 is 0 Å². The summed E-state index contributed by atoms with van der Waals surface area (Å²) < 4.78 is 0. The number of hydrogen-bond donors (Lipinski definition) is 0. The van der Waals surface area contributed by atoms with E-state index in [-0.39, 0.29) is 0 Å². The molecule has 2 heteroatoms. The summed E-state index contributed by atoms with van der Waals surface area (Å²) in [6.45, 7) is 0. The Morgan fingerprint density at radius 2 is 0.463 bits per heavy atom. The van der Waals surface area contributed by atoms with Crippen LogP contribution in [0.4, 0.5) is 34.1 Å². The van der Waals surface area contributed by atoms with Crippen LogP contribution in [0, 0.1) is 0 Å². The van der Waals surface area contributed by atoms with E-state index in [1.54, 1.807) is 0 Å². The Kier molecular flexibility index (Phi) is 13.4. The Bertz CT molecular complexity index is 4420. The van der Waals surface area contributed by atoms with Crippen LogP contribution in [-0.2, 0) is 0 Å². The predicted octanol–water partition coefficient (Wildman–Crippen LogP) is 22.7. The number of hydrogen-bond acceptors (Lipinski definition) is 2. The maximum absolute atomic E-state index is 2.31. The van der Waals surface area contributed by atoms with Gasteiger partial charge >= 0.3 is 0 Å². The summed E-state index contributed by atoms with van der Waals surface area (Å²) >= 11 is 0. The highest BCUT2D eigenvalue weighted by atomic mass is 15.1. The van der Waals surface area contributed by atoms with Gasteiger partial charge in [-0.25, -0.2) is 0 Å². The number of para-hydroxylation sites is 2. The first-order valence-electron chi connectivity index (χ1n) is 28.1. The van der Waals surface area contributed by atoms with Gasteiger partial charge in [0.25, 0.3) is 0 Å². The van der Waals surface area contributed by atoms with Gasteiger partial charge in [-0.05, 0) is 171 Å². The van der Waals surface area contributed by atoms with Gasteiger partial charge < -0.3 is 9.80 Å². The fourth-order valence-electron chi connectivity index (χ4n) is 11.9. The third kappa shape index (κ3) is 9.70. The SMILES string of the molecule is C(=C\c1ccc(N(c2ccccc2)c2ccc3ccccc3c2)cc1)/c1ccc(N(c2ccccc2)c2ccc3ccccc3c2)cc1.c1ccc2c(-c3c4ccccc4c(-c4cccc5ccccc45)c4ccccc34)cccc2c1. The molecule has 0 saturated heterocycles. The van der Waals surface area contributed by atoms with Crippen LogP contribution in [-0.4, -0.2) is 0 Å². The molecule has 15 aromatic carbocycles. The fraction of sp³-hybridized carbons (Fsp3) is 0. The summed E-state index contributed by atoms with van der Waals surface area (Å²) in [5.41, 5.74) is 14.3. The molecule has 0 unspecified atom stereocenters. The van der Waals surface area contributed by atoms with Crippen LogP contribution in [0.1, 0.15) is 11.1 Å². The molecule has 0 atom stereocenters. The van der Waals surface area contributed by atoms with E-state index in [1.807, 2.05) is 0 Å². The molecule has 15 rings (SSSR count). The molecule has 0 aromatic heterocycles. The van der Waals surface area contributed by atoms with Gasteiger partial charge in [0, 0.05) is 34.1 Å². The Balaban J connectivity index is 0.000000155. The molecule has 0 amide bonds. The molecule has 386 valence electrons. The van der Waals surface area contributed by atoms with Crippen molar-refractivity contribution >= 4 is 111 Å². The Hall–Kier alpha value is -10.8. The number of rotatable bonds is 10. The van der Waals surface area contributed by atoms with Crippen molar-refractivity contribution in [2.75, 3.05) is 9.80 Å². The van der Waals surface area contributed by atoms with E-state index in [0.717, 1.165) is 45.3 Å². The predicted molar refractivity (Wildman–Crippen MR) is 354 cm³/mol. The van der Waals surface area contributed by atoms with Crippen LogP contribution < -0.4 is 9.80 Å². The molecule has 0 saturated carbocycles. The summed E-state index contributed by atoms with van der Waals surface area (Å²) in [6, 6.07) is 118. The van der Waals surface area contributed by atoms with Gasteiger partial charge in [0.05, 0.1) is 0 Å². The van der Waals surface area contributed by atoms with Crippen molar-refractivity contribution in [1.29, 1.82) is 0 Å². The van der Waals surface area contributed by atoms with Crippen molar-refractivity contribution in [3.63, 3.8) is 0 Å². The van der Waals surface area contributed by atoms with Crippen molar-refractivity contribution in [1.82, 2.24) is 0 Å². The van der Waals surface area contributed by atoms with E-state index in [2.05, 4.69) is 350 Å². The summed E-state index contributed by atoms with van der Waals surface area (Å²) in [7, 11) is 0. The van der Waals surface area contributed by atoms with Crippen LogP contribution in [0.3, 0.4) is 0 Å². The lowest BCUT2D eigenvalue weighted by Gasteiger charge is -2.26. The zero-order valence-electron chi connectivity index (χ0n) is 45.2. The second kappa shape index (κ2) is 22.1. The summed E-state index contributed by atoms with van der Waals surface area (Å²) in [6.07, 6.45) is 4.36. The van der Waals surface area contributed by atoms with Gasteiger partial charge in [0.1, 0.15) is 0 Å². The highest BCUT2D eigenvalue weighted by Gasteiger charge is 2.20. The number of nitrogens with zero attached hydrogens (tertiary/aromatic N) is 2. The van der Waals surface area contributed by atoms with E-state index in [9.17, 15) is 0 Å². The maximum atomic E-state index is 2.31. The first-order valence-corrected chi connectivity index (χ1v) is 28.1. The molecule has 0 bridgehead atoms. The first kappa shape index (κ1) is 49.5. The average molecular weight is 1050 g/mol. The molecular weight excluding hydrogens is 989 g/mol. The number of benzene rings is 15. The van der Waals surface area contributed by atoms with Gasteiger partial charge in [-0.15, -0.1) is 0 Å². The van der Waals surface area contributed by atoms with E-state index in [1.165, 1.54) is 86.9 Å². The first-order chi connectivity index (χ1) is 40.7. The number of fused-ring (bicyclic) bond motifs is 6. The second-order valence-electron chi connectivity index (χ2n) is 20.8. The van der Waals surface area contributed by atoms with Gasteiger partial charge in [-0.1, -0.05) is 267 Å². The van der Waals surface area contributed by atoms with Gasteiger partial charge in [-0.2, -0.15) is 0 Å². The molecule has 0 aliphatic carbocycles. The Morgan fingerprint density at radius 1 is 0.183 bits per heavy atom. The molecule has 0 heterocycles. The van der Waals surface area contributed by atoms with E-state index < -0.39 is 0 Å². The van der Waals surface area contributed by atoms with Crippen LogP contribution in [0.15, 0.2) is 328 Å². The van der Waals surface area contributed by atoms with E-state index in [4.69, 9.17) is 0 Å². The molecular formula is C80H56N2. The standard InChI is InChI=1S/C46H34N2.C34H22/c1-3-15-41(16-4-1)47(45-31-25-37-11-7-9-13-39(37)33-45)43-27-21-35(22-28-43)19-20-36-23-29-44(30-24-36)48(42-17-5-2-6-18-42)46-32-26-38-12-8-10-14-40(38)34-46;1-3-15-25-23(11-1)13-9-21-27(25)33-29-17-5-7-19-31(29)34(32-20-8-6-18-30(32)33)28-22-10-14-24-12-2-4-16-26(24)28/h1-34H;1-22H/b20-19+;. The third-order valence-electron chi connectivity index (χ3n) is 15.8. The minimum Gasteiger partial charge on any atom is -0.310 e. The number of anilines is 6. The average Bonchev–Trinajstić information content (AvgIpc) is 2.79. The molecule has 0 aliphatic rings. The monoisotopic (exact) mass is 1040 g/mol. The lowest BCUT2D eigenvalue weighted by molar-refractivity contribution is 1.29. The van der Waals surface area contributed by atoms with Gasteiger partial charge in [-0.3, -0.25) is 0 Å². The zero-order chi connectivity index (χ0) is 54.6. The lowest BCUT2D eigenvalue weighted by Crippen LogP contribution is -2.09. The summed E-state index contributed by atoms with van der Waals surface area (Å²) in [5, 5.41) is 15.2. The molecule has 0 spiro atoms. The smallest absolute Gasteiger partial charge is 0.0468 e. The van der Waals surface area contributed by atoms with Crippen molar-refractivity contribution in [2.24, 2.45) is 0 Å². The maximum Gasteiger partial charge on any atom is 0.0468 e. The summed E-state index contributed by atoms with van der Waals surface area (Å²) in [5.74, 6) is 0. The quantitative estimate of drug-likeness (QED) is 0.0995. The highest BCUT2D eigenvalue weighted by Crippen LogP contribution is 2.47. The molecule has 82 heavy (non-hydrogen) atoms. The molecule has 15 aromatic rings. The third-order valence-corrected chi connectivity index (χ3v) is 15.8. The topological polar surface area (TPSA) is 6.48 Å². The minimum atomic E-state index is 1.12. The van der Waals surface area contributed by atoms with E-state index >= 15 is 0 Å². The van der Waals surface area contributed by atoms with Crippen LogP contribution in [0.2, 0.25) is 0 Å². The second-order valence-corrected chi connectivity index (χ2v) is 20.8.